The van der Waals surface area contributed by atoms with E-state index < -0.39 is 5.97 Å². The number of nitrogens with one attached hydrogen (secondary N) is 1. The Labute approximate surface area is 122 Å². The van der Waals surface area contributed by atoms with Crippen LogP contribution in [-0.2, 0) is 17.8 Å². The van der Waals surface area contributed by atoms with Crippen molar-refractivity contribution in [3.05, 3.63) is 65.0 Å². The lowest BCUT2D eigenvalue weighted by molar-refractivity contribution is -0.136. The van der Waals surface area contributed by atoms with Crippen LogP contribution in [0.5, 0.6) is 0 Å². The van der Waals surface area contributed by atoms with Gasteiger partial charge in [-0.05, 0) is 30.2 Å². The van der Waals surface area contributed by atoms with E-state index in [-0.39, 0.29) is 18.9 Å². The molecule has 0 atom stereocenters. The van der Waals surface area contributed by atoms with E-state index in [1.165, 1.54) is 0 Å². The summed E-state index contributed by atoms with van der Waals surface area (Å²) in [6.45, 7) is 2.09. The topological polar surface area (TPSA) is 79.3 Å². The SMILES string of the molecule is Cc1cccc(C(=O)NCc2ccccc2CC(=O)O)n1. The second-order valence-corrected chi connectivity index (χ2v) is 4.69. The van der Waals surface area contributed by atoms with Crippen LogP contribution >= 0.6 is 0 Å². The first-order valence-electron chi connectivity index (χ1n) is 6.56. The predicted octanol–water partition coefficient (Wildman–Crippen LogP) is 1.95. The van der Waals surface area contributed by atoms with Crippen LogP contribution in [0.4, 0.5) is 0 Å². The highest BCUT2D eigenvalue weighted by atomic mass is 16.4. The summed E-state index contributed by atoms with van der Waals surface area (Å²) in [7, 11) is 0. The molecule has 0 unspecified atom stereocenters. The number of aromatic nitrogens is 1. The van der Waals surface area contributed by atoms with Crippen molar-refractivity contribution in [1.82, 2.24) is 10.3 Å². The zero-order chi connectivity index (χ0) is 15.2. The first kappa shape index (κ1) is 14.7. The lowest BCUT2D eigenvalue weighted by atomic mass is 10.0. The number of hydrogen-bond acceptors (Lipinski definition) is 3. The molecule has 0 radical (unpaired) electrons. The van der Waals surface area contributed by atoms with Crippen molar-refractivity contribution in [2.75, 3.05) is 0 Å². The van der Waals surface area contributed by atoms with Gasteiger partial charge in [-0.1, -0.05) is 30.3 Å². The van der Waals surface area contributed by atoms with Gasteiger partial charge >= 0.3 is 5.97 Å². The van der Waals surface area contributed by atoms with E-state index >= 15 is 0 Å². The highest BCUT2D eigenvalue weighted by Gasteiger charge is 2.10. The quantitative estimate of drug-likeness (QED) is 0.879. The van der Waals surface area contributed by atoms with Crippen LogP contribution < -0.4 is 5.32 Å². The molecule has 0 aliphatic heterocycles. The largest absolute Gasteiger partial charge is 0.481 e. The number of carboxylic acids is 1. The number of rotatable bonds is 5. The van der Waals surface area contributed by atoms with E-state index in [1.54, 1.807) is 24.3 Å². The van der Waals surface area contributed by atoms with Gasteiger partial charge in [-0.2, -0.15) is 0 Å². The maximum absolute atomic E-state index is 12.0. The van der Waals surface area contributed by atoms with Gasteiger partial charge in [0.15, 0.2) is 0 Å². The molecule has 0 saturated carbocycles. The van der Waals surface area contributed by atoms with E-state index in [0.29, 0.717) is 11.3 Å². The van der Waals surface area contributed by atoms with Gasteiger partial charge in [-0.15, -0.1) is 0 Å². The first-order valence-corrected chi connectivity index (χ1v) is 6.56. The zero-order valence-electron chi connectivity index (χ0n) is 11.7. The molecule has 0 saturated heterocycles. The Bertz CT molecular complexity index is 668. The van der Waals surface area contributed by atoms with Crippen LogP contribution in [0.3, 0.4) is 0 Å². The minimum Gasteiger partial charge on any atom is -0.481 e. The Morgan fingerprint density at radius 1 is 1.10 bits per heavy atom. The van der Waals surface area contributed by atoms with Gasteiger partial charge in [-0.25, -0.2) is 4.98 Å². The van der Waals surface area contributed by atoms with Crippen LogP contribution in [0.1, 0.15) is 27.3 Å². The maximum Gasteiger partial charge on any atom is 0.307 e. The number of aliphatic carboxylic acids is 1. The molecule has 0 bridgehead atoms. The van der Waals surface area contributed by atoms with Gasteiger partial charge in [0.25, 0.3) is 5.91 Å². The third-order valence-electron chi connectivity index (χ3n) is 3.02. The molecular weight excluding hydrogens is 268 g/mol. The van der Waals surface area contributed by atoms with Crippen molar-refractivity contribution in [2.24, 2.45) is 0 Å². The fourth-order valence-electron chi connectivity index (χ4n) is 2.00. The molecule has 1 heterocycles. The molecule has 1 aromatic heterocycles. The van der Waals surface area contributed by atoms with Gasteiger partial charge in [0.1, 0.15) is 5.69 Å². The fraction of sp³-hybridized carbons (Fsp3) is 0.188. The van der Waals surface area contributed by atoms with Crippen molar-refractivity contribution in [1.29, 1.82) is 0 Å². The van der Waals surface area contributed by atoms with E-state index in [2.05, 4.69) is 10.3 Å². The molecule has 1 aromatic carbocycles. The molecule has 0 fully saturated rings. The summed E-state index contributed by atoms with van der Waals surface area (Å²) in [5.41, 5.74) is 2.61. The van der Waals surface area contributed by atoms with Gasteiger partial charge < -0.3 is 10.4 Å². The number of benzene rings is 1. The molecule has 0 aliphatic rings. The van der Waals surface area contributed by atoms with Crippen molar-refractivity contribution >= 4 is 11.9 Å². The number of carbonyl (C=O) groups is 2. The maximum atomic E-state index is 12.0. The summed E-state index contributed by atoms with van der Waals surface area (Å²) in [5.74, 6) is -1.17. The zero-order valence-corrected chi connectivity index (χ0v) is 11.7. The molecule has 1 amide bonds. The van der Waals surface area contributed by atoms with Crippen molar-refractivity contribution in [3.8, 4) is 0 Å². The predicted molar refractivity (Wildman–Crippen MR) is 77.9 cm³/mol. The normalized spacial score (nSPS) is 10.1. The molecule has 0 aliphatic carbocycles. The second-order valence-electron chi connectivity index (χ2n) is 4.69. The summed E-state index contributed by atoms with van der Waals surface area (Å²) in [5, 5.41) is 11.6. The van der Waals surface area contributed by atoms with Crippen LogP contribution in [0.25, 0.3) is 0 Å². The lowest BCUT2D eigenvalue weighted by Gasteiger charge is -2.09. The van der Waals surface area contributed by atoms with E-state index in [0.717, 1.165) is 11.3 Å². The Morgan fingerprint density at radius 3 is 2.48 bits per heavy atom. The Morgan fingerprint density at radius 2 is 1.81 bits per heavy atom. The average Bonchev–Trinajstić information content (AvgIpc) is 2.45. The van der Waals surface area contributed by atoms with Gasteiger partial charge in [0, 0.05) is 12.2 Å². The number of carboxylic acid groups (broad SMARTS) is 1. The van der Waals surface area contributed by atoms with Gasteiger partial charge in [0.2, 0.25) is 0 Å². The molecule has 2 N–H and O–H groups in total. The third kappa shape index (κ3) is 4.14. The van der Waals surface area contributed by atoms with Crippen LogP contribution in [0.15, 0.2) is 42.5 Å². The first-order chi connectivity index (χ1) is 10.1. The summed E-state index contributed by atoms with van der Waals surface area (Å²) in [4.78, 5) is 27.0. The van der Waals surface area contributed by atoms with Crippen LogP contribution in [0, 0.1) is 6.92 Å². The number of pyridine rings is 1. The highest BCUT2D eigenvalue weighted by molar-refractivity contribution is 5.92. The summed E-state index contributed by atoms with van der Waals surface area (Å²) >= 11 is 0. The molecule has 108 valence electrons. The molecule has 5 nitrogen and oxygen atoms in total. The molecule has 0 spiro atoms. The molecule has 5 heteroatoms. The van der Waals surface area contributed by atoms with Gasteiger partial charge in [0.05, 0.1) is 6.42 Å². The molecule has 2 aromatic rings. The van der Waals surface area contributed by atoms with Crippen molar-refractivity contribution in [2.45, 2.75) is 19.9 Å². The smallest absolute Gasteiger partial charge is 0.307 e. The van der Waals surface area contributed by atoms with Gasteiger partial charge in [-0.3, -0.25) is 9.59 Å². The lowest BCUT2D eigenvalue weighted by Crippen LogP contribution is -2.24. The third-order valence-corrected chi connectivity index (χ3v) is 3.02. The summed E-state index contributed by atoms with van der Waals surface area (Å²) < 4.78 is 0. The number of hydrogen-bond donors (Lipinski definition) is 2. The number of carbonyl (C=O) groups excluding carboxylic acids is 1. The number of amides is 1. The van der Waals surface area contributed by atoms with E-state index in [9.17, 15) is 9.59 Å². The van der Waals surface area contributed by atoms with E-state index in [1.807, 2.05) is 25.1 Å². The highest BCUT2D eigenvalue weighted by Crippen LogP contribution is 2.10. The number of nitrogens with zero attached hydrogens (tertiary/aromatic N) is 1. The van der Waals surface area contributed by atoms with Crippen LogP contribution in [0.2, 0.25) is 0 Å². The standard InChI is InChI=1S/C16H16N2O3/c1-11-5-4-8-14(18-11)16(21)17-10-13-7-3-2-6-12(13)9-15(19)20/h2-8H,9-10H2,1H3,(H,17,21)(H,19,20). The Kier molecular flexibility index (Phi) is 4.66. The minimum atomic E-state index is -0.894. The Hall–Kier alpha value is -2.69. The summed E-state index contributed by atoms with van der Waals surface area (Å²) in [6.07, 6.45) is -0.0608. The van der Waals surface area contributed by atoms with Crippen molar-refractivity contribution in [3.63, 3.8) is 0 Å². The summed E-state index contributed by atoms with van der Waals surface area (Å²) in [6, 6.07) is 12.4. The molecule has 2 rings (SSSR count). The second kappa shape index (κ2) is 6.65. The fourth-order valence-corrected chi connectivity index (χ4v) is 2.00. The van der Waals surface area contributed by atoms with Crippen LogP contribution in [-0.4, -0.2) is 22.0 Å². The molecule has 21 heavy (non-hydrogen) atoms. The monoisotopic (exact) mass is 284 g/mol. The number of aryl methyl sites for hydroxylation is 1. The van der Waals surface area contributed by atoms with Crippen molar-refractivity contribution < 1.29 is 14.7 Å². The molecular formula is C16H16N2O3. The average molecular weight is 284 g/mol. The minimum absolute atomic E-state index is 0.0608. The van der Waals surface area contributed by atoms with E-state index in [4.69, 9.17) is 5.11 Å². The Balaban J connectivity index is 2.06.